The topological polar surface area (TPSA) is 17.1 Å². The van der Waals surface area contributed by atoms with Gasteiger partial charge in [-0.1, -0.05) is 12.8 Å². The Kier molecular flexibility index (Phi) is 3.38. The summed E-state index contributed by atoms with van der Waals surface area (Å²) in [6, 6.07) is 0. The summed E-state index contributed by atoms with van der Waals surface area (Å²) < 4.78 is 0. The minimum Gasteiger partial charge on any atom is -0.300 e. The van der Waals surface area contributed by atoms with E-state index in [1.807, 2.05) is 0 Å². The molecule has 2 heteroatoms. The first-order chi connectivity index (χ1) is 5.20. The molecule has 0 radical (unpaired) electrons. The molecular formula is C9H15ClO. The molecule has 0 aromatic heterocycles. The van der Waals surface area contributed by atoms with Crippen LogP contribution in [0.2, 0.25) is 0 Å². The Morgan fingerprint density at radius 2 is 2.09 bits per heavy atom. The predicted octanol–water partition coefficient (Wildman–Crippen LogP) is 2.76. The molecule has 0 amide bonds. The first kappa shape index (κ1) is 9.05. The zero-order valence-corrected chi connectivity index (χ0v) is 7.73. The molecule has 2 atom stereocenters. The van der Waals surface area contributed by atoms with Crippen LogP contribution in [0, 0.1) is 5.92 Å². The Morgan fingerprint density at radius 3 is 2.64 bits per heavy atom. The van der Waals surface area contributed by atoms with E-state index >= 15 is 0 Å². The van der Waals surface area contributed by atoms with Gasteiger partial charge in [-0.05, 0) is 25.7 Å². The van der Waals surface area contributed by atoms with Crippen LogP contribution in [0.1, 0.15) is 39.0 Å². The summed E-state index contributed by atoms with van der Waals surface area (Å²) in [5.41, 5.74) is 0. The van der Waals surface area contributed by atoms with E-state index in [1.165, 1.54) is 12.8 Å². The lowest BCUT2D eigenvalue weighted by atomic mass is 9.85. The van der Waals surface area contributed by atoms with Crippen LogP contribution in [0.5, 0.6) is 0 Å². The maximum Gasteiger partial charge on any atom is 0.130 e. The maximum absolute atomic E-state index is 10.8. The van der Waals surface area contributed by atoms with Gasteiger partial charge in [0.25, 0.3) is 0 Å². The third-order valence-corrected chi connectivity index (χ3v) is 2.94. The zero-order valence-electron chi connectivity index (χ0n) is 6.98. The lowest BCUT2D eigenvalue weighted by molar-refractivity contribution is -0.118. The molecule has 1 saturated carbocycles. The smallest absolute Gasteiger partial charge is 0.130 e. The molecule has 64 valence electrons. The molecule has 1 fully saturated rings. The van der Waals surface area contributed by atoms with Crippen LogP contribution in [0.3, 0.4) is 0 Å². The molecule has 1 aliphatic rings. The van der Waals surface area contributed by atoms with Crippen LogP contribution in [0.15, 0.2) is 0 Å². The van der Waals surface area contributed by atoms with Gasteiger partial charge in [0.05, 0.1) is 0 Å². The number of halogens is 1. The normalized spacial score (nSPS) is 31.8. The number of hydrogen-bond donors (Lipinski definition) is 0. The van der Waals surface area contributed by atoms with E-state index in [0.29, 0.717) is 12.3 Å². The summed E-state index contributed by atoms with van der Waals surface area (Å²) in [5, 5.41) is 0.257. The highest BCUT2D eigenvalue weighted by Gasteiger charge is 2.23. The minimum absolute atomic E-state index is 0.257. The Hall–Kier alpha value is -0.0400. The highest BCUT2D eigenvalue weighted by molar-refractivity contribution is 6.20. The summed E-state index contributed by atoms with van der Waals surface area (Å²) in [6.07, 6.45) is 5.42. The highest BCUT2D eigenvalue weighted by Crippen LogP contribution is 2.30. The van der Waals surface area contributed by atoms with Crippen molar-refractivity contribution in [3.63, 3.8) is 0 Å². The number of Topliss-reactive ketones (excluding diaryl/α,β-unsaturated/α-hetero) is 1. The molecule has 0 aromatic rings. The number of rotatable bonds is 2. The summed E-state index contributed by atoms with van der Waals surface area (Å²) in [5.74, 6) is 0.741. The average molecular weight is 175 g/mol. The predicted molar refractivity (Wildman–Crippen MR) is 46.9 cm³/mol. The largest absolute Gasteiger partial charge is 0.300 e. The lowest BCUT2D eigenvalue weighted by Gasteiger charge is -2.25. The van der Waals surface area contributed by atoms with Crippen molar-refractivity contribution >= 4 is 17.4 Å². The summed E-state index contributed by atoms with van der Waals surface area (Å²) in [6.45, 7) is 1.65. The van der Waals surface area contributed by atoms with Crippen LogP contribution in [-0.4, -0.2) is 11.2 Å². The van der Waals surface area contributed by atoms with Gasteiger partial charge in [0, 0.05) is 11.8 Å². The van der Waals surface area contributed by atoms with E-state index in [4.69, 9.17) is 11.6 Å². The Morgan fingerprint density at radius 1 is 1.45 bits per heavy atom. The minimum atomic E-state index is 0.257. The standard InChI is InChI=1S/C9H15ClO/c1-7(11)6-8-4-2-3-5-9(8)10/h8-9H,2-6H2,1H3. The van der Waals surface area contributed by atoms with Gasteiger partial charge in [0.2, 0.25) is 0 Å². The quantitative estimate of drug-likeness (QED) is 0.589. The fourth-order valence-corrected chi connectivity index (χ4v) is 2.13. The van der Waals surface area contributed by atoms with Crippen LogP contribution in [0.4, 0.5) is 0 Å². The molecule has 0 bridgehead atoms. The molecule has 1 nitrogen and oxygen atoms in total. The molecule has 0 aromatic carbocycles. The van der Waals surface area contributed by atoms with Gasteiger partial charge >= 0.3 is 0 Å². The van der Waals surface area contributed by atoms with Crippen molar-refractivity contribution in [3.05, 3.63) is 0 Å². The van der Waals surface area contributed by atoms with Crippen molar-refractivity contribution in [2.45, 2.75) is 44.4 Å². The van der Waals surface area contributed by atoms with Crippen molar-refractivity contribution < 1.29 is 4.79 Å². The second-order valence-electron chi connectivity index (χ2n) is 3.47. The molecule has 0 spiro atoms. The number of hydrogen-bond acceptors (Lipinski definition) is 1. The van der Waals surface area contributed by atoms with Crippen molar-refractivity contribution in [3.8, 4) is 0 Å². The fraction of sp³-hybridized carbons (Fsp3) is 0.889. The van der Waals surface area contributed by atoms with Gasteiger partial charge in [-0.15, -0.1) is 11.6 Å². The van der Waals surface area contributed by atoms with E-state index in [0.717, 1.165) is 12.8 Å². The molecule has 11 heavy (non-hydrogen) atoms. The monoisotopic (exact) mass is 174 g/mol. The Labute approximate surface area is 73.1 Å². The molecular weight excluding hydrogens is 160 g/mol. The molecule has 0 saturated heterocycles. The van der Waals surface area contributed by atoms with Gasteiger partial charge in [-0.2, -0.15) is 0 Å². The first-order valence-corrected chi connectivity index (χ1v) is 4.77. The molecule has 1 aliphatic carbocycles. The number of carbonyl (C=O) groups excluding carboxylic acids is 1. The second kappa shape index (κ2) is 4.10. The molecule has 1 rings (SSSR count). The molecule has 0 N–H and O–H groups in total. The van der Waals surface area contributed by atoms with Gasteiger partial charge in [0.15, 0.2) is 0 Å². The fourth-order valence-electron chi connectivity index (χ4n) is 1.76. The highest BCUT2D eigenvalue weighted by atomic mass is 35.5. The average Bonchev–Trinajstić information content (AvgIpc) is 1.93. The van der Waals surface area contributed by atoms with Crippen molar-refractivity contribution in [2.75, 3.05) is 0 Å². The molecule has 2 unspecified atom stereocenters. The molecule has 0 heterocycles. The van der Waals surface area contributed by atoms with Crippen LogP contribution < -0.4 is 0 Å². The first-order valence-electron chi connectivity index (χ1n) is 4.33. The molecule has 0 aliphatic heterocycles. The SMILES string of the molecule is CC(=O)CC1CCCCC1Cl. The lowest BCUT2D eigenvalue weighted by Crippen LogP contribution is -2.21. The number of ketones is 1. The number of carbonyl (C=O) groups is 1. The zero-order chi connectivity index (χ0) is 8.27. The van der Waals surface area contributed by atoms with Crippen LogP contribution >= 0.6 is 11.6 Å². The third-order valence-electron chi connectivity index (χ3n) is 2.37. The summed E-state index contributed by atoms with van der Waals surface area (Å²) >= 11 is 6.07. The van der Waals surface area contributed by atoms with Crippen LogP contribution in [0.25, 0.3) is 0 Å². The van der Waals surface area contributed by atoms with Gasteiger partial charge in [0.1, 0.15) is 5.78 Å². The number of alkyl halides is 1. The van der Waals surface area contributed by atoms with Gasteiger partial charge in [-0.3, -0.25) is 0 Å². The summed E-state index contributed by atoms with van der Waals surface area (Å²) in [7, 11) is 0. The van der Waals surface area contributed by atoms with E-state index in [2.05, 4.69) is 0 Å². The van der Waals surface area contributed by atoms with E-state index in [9.17, 15) is 4.79 Å². The van der Waals surface area contributed by atoms with Crippen molar-refractivity contribution in [1.29, 1.82) is 0 Å². The van der Waals surface area contributed by atoms with Crippen molar-refractivity contribution in [2.24, 2.45) is 5.92 Å². The van der Waals surface area contributed by atoms with Gasteiger partial charge < -0.3 is 4.79 Å². The third kappa shape index (κ3) is 2.82. The van der Waals surface area contributed by atoms with E-state index in [1.54, 1.807) is 6.92 Å². The Balaban J connectivity index is 2.35. The summed E-state index contributed by atoms with van der Waals surface area (Å²) in [4.78, 5) is 10.8. The van der Waals surface area contributed by atoms with E-state index < -0.39 is 0 Å². The maximum atomic E-state index is 10.8. The van der Waals surface area contributed by atoms with Gasteiger partial charge in [-0.25, -0.2) is 0 Å². The second-order valence-corrected chi connectivity index (χ2v) is 4.03. The van der Waals surface area contributed by atoms with E-state index in [-0.39, 0.29) is 11.2 Å². The van der Waals surface area contributed by atoms with Crippen LogP contribution in [-0.2, 0) is 4.79 Å². The van der Waals surface area contributed by atoms with Crippen molar-refractivity contribution in [1.82, 2.24) is 0 Å². The Bertz CT molecular complexity index is 144.